The lowest BCUT2D eigenvalue weighted by atomic mass is 10.0. The van der Waals surface area contributed by atoms with E-state index in [1.165, 1.54) is 6.07 Å². The normalized spacial score (nSPS) is 11.5. The van der Waals surface area contributed by atoms with E-state index in [1.54, 1.807) is 19.9 Å². The maximum Gasteiger partial charge on any atom is 0.305 e. The summed E-state index contributed by atoms with van der Waals surface area (Å²) in [6.45, 7) is 3.77. The van der Waals surface area contributed by atoms with Crippen LogP contribution in [0, 0.1) is 5.92 Å². The Bertz CT molecular complexity index is 1060. The molecule has 0 aliphatic heterocycles. The number of nitrogens with one attached hydrogen (secondary N) is 3. The molecule has 0 spiro atoms. The topological polar surface area (TPSA) is 110 Å². The number of amides is 3. The lowest BCUT2D eigenvalue weighted by Gasteiger charge is -2.21. The lowest BCUT2D eigenvalue weighted by Crippen LogP contribution is -2.54. The first kappa shape index (κ1) is 23.6. The molecule has 0 bridgehead atoms. The monoisotopic (exact) mass is 449 g/mol. The van der Waals surface area contributed by atoms with Crippen LogP contribution in [0.5, 0.6) is 5.75 Å². The molecule has 8 nitrogen and oxygen atoms in total. The molecule has 172 valence electrons. The number of furan rings is 1. The lowest BCUT2D eigenvalue weighted by molar-refractivity contribution is -0.130. The fraction of sp³-hybridized carbons (Fsp3) is 0.240. The van der Waals surface area contributed by atoms with E-state index in [-0.39, 0.29) is 30.6 Å². The van der Waals surface area contributed by atoms with Gasteiger partial charge in [-0.3, -0.25) is 25.2 Å². The molecule has 1 heterocycles. The second-order valence-corrected chi connectivity index (χ2v) is 7.76. The predicted octanol–water partition coefficient (Wildman–Crippen LogP) is 3.00. The van der Waals surface area contributed by atoms with Crippen LogP contribution in [0.25, 0.3) is 0 Å². The van der Waals surface area contributed by atoms with Gasteiger partial charge in [-0.05, 0) is 35.7 Å². The number of ether oxygens (including phenoxy) is 1. The van der Waals surface area contributed by atoms with Crippen molar-refractivity contribution in [1.29, 1.82) is 0 Å². The Balaban J connectivity index is 1.49. The summed E-state index contributed by atoms with van der Waals surface area (Å²) in [5.41, 5.74) is 5.52. The van der Waals surface area contributed by atoms with Crippen molar-refractivity contribution in [2.24, 2.45) is 5.92 Å². The molecular weight excluding hydrogens is 422 g/mol. The average molecular weight is 450 g/mol. The number of rotatable bonds is 9. The second kappa shape index (κ2) is 11.5. The van der Waals surface area contributed by atoms with Gasteiger partial charge in [0.1, 0.15) is 24.2 Å². The van der Waals surface area contributed by atoms with Gasteiger partial charge in [0.25, 0.3) is 5.91 Å². The summed E-state index contributed by atoms with van der Waals surface area (Å²) in [7, 11) is 0. The SMILES string of the molecule is CC(C)[C@H](NC(=O)Cc1ccccc1)C(=O)NNC(=O)c1ccc(COc2ccccc2)o1. The van der Waals surface area contributed by atoms with Crippen molar-refractivity contribution in [2.45, 2.75) is 32.9 Å². The highest BCUT2D eigenvalue weighted by atomic mass is 16.5. The highest BCUT2D eigenvalue weighted by Crippen LogP contribution is 2.14. The highest BCUT2D eigenvalue weighted by molar-refractivity contribution is 5.94. The Morgan fingerprint density at radius 2 is 1.55 bits per heavy atom. The number of benzene rings is 2. The zero-order valence-corrected chi connectivity index (χ0v) is 18.5. The average Bonchev–Trinajstić information content (AvgIpc) is 3.30. The fourth-order valence-corrected chi connectivity index (χ4v) is 3.05. The van der Waals surface area contributed by atoms with Crippen molar-refractivity contribution in [3.63, 3.8) is 0 Å². The smallest absolute Gasteiger partial charge is 0.305 e. The molecule has 3 amide bonds. The Hall–Kier alpha value is -4.07. The molecule has 3 aromatic rings. The number of hydrogen-bond acceptors (Lipinski definition) is 5. The van der Waals surface area contributed by atoms with E-state index in [4.69, 9.17) is 9.15 Å². The molecule has 33 heavy (non-hydrogen) atoms. The molecule has 3 rings (SSSR count). The molecule has 0 radical (unpaired) electrons. The van der Waals surface area contributed by atoms with E-state index < -0.39 is 17.9 Å². The summed E-state index contributed by atoms with van der Waals surface area (Å²) in [4.78, 5) is 37.3. The number of hydrogen-bond donors (Lipinski definition) is 3. The maximum atomic E-state index is 12.6. The van der Waals surface area contributed by atoms with E-state index in [0.717, 1.165) is 5.56 Å². The third-order valence-electron chi connectivity index (χ3n) is 4.78. The summed E-state index contributed by atoms with van der Waals surface area (Å²) in [5, 5.41) is 2.72. The van der Waals surface area contributed by atoms with Crippen molar-refractivity contribution in [3.05, 3.63) is 89.9 Å². The Morgan fingerprint density at radius 1 is 0.879 bits per heavy atom. The van der Waals surface area contributed by atoms with Crippen LogP contribution < -0.4 is 20.9 Å². The number of para-hydroxylation sites is 1. The minimum atomic E-state index is -0.812. The molecule has 0 saturated heterocycles. The van der Waals surface area contributed by atoms with E-state index in [9.17, 15) is 14.4 Å². The highest BCUT2D eigenvalue weighted by Gasteiger charge is 2.25. The van der Waals surface area contributed by atoms with E-state index in [2.05, 4.69) is 16.2 Å². The van der Waals surface area contributed by atoms with Crippen LogP contribution >= 0.6 is 0 Å². The van der Waals surface area contributed by atoms with E-state index in [0.29, 0.717) is 11.5 Å². The van der Waals surface area contributed by atoms with Gasteiger partial charge in [0.05, 0.1) is 6.42 Å². The third-order valence-corrected chi connectivity index (χ3v) is 4.78. The van der Waals surface area contributed by atoms with Gasteiger partial charge in [-0.15, -0.1) is 0 Å². The zero-order chi connectivity index (χ0) is 23.6. The molecule has 8 heteroatoms. The molecule has 0 saturated carbocycles. The number of carbonyl (C=O) groups is 3. The van der Waals surface area contributed by atoms with Gasteiger partial charge >= 0.3 is 5.91 Å². The first-order valence-corrected chi connectivity index (χ1v) is 10.6. The van der Waals surface area contributed by atoms with Crippen molar-refractivity contribution >= 4 is 17.7 Å². The third kappa shape index (κ3) is 7.24. The van der Waals surface area contributed by atoms with Crippen LogP contribution in [-0.2, 0) is 22.6 Å². The minimum Gasteiger partial charge on any atom is -0.486 e. The summed E-state index contributed by atoms with van der Waals surface area (Å²) >= 11 is 0. The Kier molecular flexibility index (Phi) is 8.24. The molecule has 1 atom stereocenters. The summed E-state index contributed by atoms with van der Waals surface area (Å²) < 4.78 is 11.1. The molecule has 0 aliphatic rings. The second-order valence-electron chi connectivity index (χ2n) is 7.76. The van der Waals surface area contributed by atoms with Gasteiger partial charge in [-0.25, -0.2) is 0 Å². The van der Waals surface area contributed by atoms with Gasteiger partial charge < -0.3 is 14.5 Å². The summed E-state index contributed by atoms with van der Waals surface area (Å²) in [6, 6.07) is 20.8. The fourth-order valence-electron chi connectivity index (χ4n) is 3.05. The van der Waals surface area contributed by atoms with E-state index >= 15 is 0 Å². The molecule has 0 unspecified atom stereocenters. The van der Waals surface area contributed by atoms with Crippen LogP contribution in [0.15, 0.2) is 77.2 Å². The van der Waals surface area contributed by atoms with Gasteiger partial charge in [-0.1, -0.05) is 62.4 Å². The standard InChI is InChI=1S/C25H27N3O5/c1-17(2)23(26-22(29)15-18-9-5-3-6-10-18)25(31)28-27-24(30)21-14-13-20(33-21)16-32-19-11-7-4-8-12-19/h3-14,17,23H,15-16H2,1-2H3,(H,26,29)(H,27,30)(H,28,31)/t23-/m0/s1. The number of hydrazine groups is 1. The first-order valence-electron chi connectivity index (χ1n) is 10.6. The van der Waals surface area contributed by atoms with E-state index in [1.807, 2.05) is 60.7 Å². The van der Waals surface area contributed by atoms with Crippen molar-refractivity contribution in [2.75, 3.05) is 0 Å². The van der Waals surface area contributed by atoms with Gasteiger partial charge in [0, 0.05) is 0 Å². The quantitative estimate of drug-likeness (QED) is 0.435. The molecule has 0 fully saturated rings. The first-order chi connectivity index (χ1) is 15.9. The zero-order valence-electron chi connectivity index (χ0n) is 18.5. The van der Waals surface area contributed by atoms with Crippen LogP contribution in [-0.4, -0.2) is 23.8 Å². The van der Waals surface area contributed by atoms with Gasteiger partial charge in [-0.2, -0.15) is 0 Å². The summed E-state index contributed by atoms with van der Waals surface area (Å²) in [6.07, 6.45) is 0.157. The molecule has 1 aromatic heterocycles. The predicted molar refractivity (Wildman–Crippen MR) is 122 cm³/mol. The van der Waals surface area contributed by atoms with Crippen molar-refractivity contribution < 1.29 is 23.5 Å². The number of carbonyl (C=O) groups excluding carboxylic acids is 3. The summed E-state index contributed by atoms with van der Waals surface area (Å²) in [5.74, 6) is -0.449. The largest absolute Gasteiger partial charge is 0.486 e. The van der Waals surface area contributed by atoms with Crippen LogP contribution in [0.1, 0.15) is 35.7 Å². The van der Waals surface area contributed by atoms with Gasteiger partial charge in [0.2, 0.25) is 5.91 Å². The van der Waals surface area contributed by atoms with Crippen LogP contribution in [0.4, 0.5) is 0 Å². The minimum absolute atomic E-state index is 0.0242. The van der Waals surface area contributed by atoms with Crippen molar-refractivity contribution in [1.82, 2.24) is 16.2 Å². The van der Waals surface area contributed by atoms with Crippen LogP contribution in [0.2, 0.25) is 0 Å². The van der Waals surface area contributed by atoms with Crippen molar-refractivity contribution in [3.8, 4) is 5.75 Å². The maximum absolute atomic E-state index is 12.6. The molecule has 2 aromatic carbocycles. The molecule has 3 N–H and O–H groups in total. The molecular formula is C25H27N3O5. The Morgan fingerprint density at radius 3 is 2.21 bits per heavy atom. The molecule has 0 aliphatic carbocycles. The van der Waals surface area contributed by atoms with Gasteiger partial charge in [0.15, 0.2) is 5.76 Å². The van der Waals surface area contributed by atoms with Crippen LogP contribution in [0.3, 0.4) is 0 Å². The Labute approximate surface area is 192 Å².